The van der Waals surface area contributed by atoms with Crippen molar-refractivity contribution in [2.45, 2.75) is 25.4 Å². The molecule has 1 saturated heterocycles. The number of methoxy groups -OCH3 is 1. The molecule has 1 fully saturated rings. The van der Waals surface area contributed by atoms with Gasteiger partial charge < -0.3 is 4.74 Å². The van der Waals surface area contributed by atoms with Crippen molar-refractivity contribution in [2.75, 3.05) is 20.2 Å². The van der Waals surface area contributed by atoms with E-state index >= 15 is 0 Å². The third-order valence-electron chi connectivity index (χ3n) is 5.17. The molecule has 2 aromatic carbocycles. The molecule has 1 aliphatic rings. The number of benzene rings is 2. The second-order valence-electron chi connectivity index (χ2n) is 6.98. The number of nitrogens with zero attached hydrogens (tertiary/aromatic N) is 4. The van der Waals surface area contributed by atoms with Crippen LogP contribution in [0.4, 0.5) is 4.39 Å². The maximum absolute atomic E-state index is 14.1. The average molecular weight is 366 g/mol. The van der Waals surface area contributed by atoms with E-state index in [1.807, 2.05) is 18.2 Å². The van der Waals surface area contributed by atoms with Crippen molar-refractivity contribution < 1.29 is 9.13 Å². The van der Waals surface area contributed by atoms with Gasteiger partial charge in [0.15, 0.2) is 0 Å². The van der Waals surface area contributed by atoms with Gasteiger partial charge >= 0.3 is 0 Å². The van der Waals surface area contributed by atoms with E-state index in [0.717, 1.165) is 42.9 Å². The lowest BCUT2D eigenvalue weighted by Gasteiger charge is -2.18. The third-order valence-corrected chi connectivity index (χ3v) is 5.17. The van der Waals surface area contributed by atoms with Gasteiger partial charge in [0.2, 0.25) is 0 Å². The highest BCUT2D eigenvalue weighted by Crippen LogP contribution is 2.30. The third kappa shape index (κ3) is 4.01. The van der Waals surface area contributed by atoms with Crippen molar-refractivity contribution in [3.8, 4) is 5.75 Å². The molecule has 4 rings (SSSR count). The van der Waals surface area contributed by atoms with Crippen molar-refractivity contribution in [3.63, 3.8) is 0 Å². The van der Waals surface area contributed by atoms with Crippen molar-refractivity contribution in [3.05, 3.63) is 77.6 Å². The lowest BCUT2D eigenvalue weighted by Crippen LogP contribution is -2.20. The van der Waals surface area contributed by atoms with Crippen molar-refractivity contribution in [1.29, 1.82) is 0 Å². The van der Waals surface area contributed by atoms with Crippen LogP contribution in [0, 0.1) is 5.82 Å². The highest BCUT2D eigenvalue weighted by atomic mass is 19.1. The number of halogens is 1. The summed E-state index contributed by atoms with van der Waals surface area (Å²) < 4.78 is 21.3. The second-order valence-corrected chi connectivity index (χ2v) is 6.98. The van der Waals surface area contributed by atoms with Crippen molar-refractivity contribution in [2.24, 2.45) is 0 Å². The zero-order chi connectivity index (χ0) is 18.6. The molecule has 1 atom stereocenters. The summed E-state index contributed by atoms with van der Waals surface area (Å²) in [5.41, 5.74) is 3.13. The van der Waals surface area contributed by atoms with Crippen LogP contribution in [-0.2, 0) is 13.1 Å². The number of likely N-dealkylation sites (tertiary alicyclic amines) is 1. The van der Waals surface area contributed by atoms with E-state index < -0.39 is 0 Å². The minimum absolute atomic E-state index is 0.0936. The molecular weight excluding hydrogens is 343 g/mol. The van der Waals surface area contributed by atoms with Crippen LogP contribution < -0.4 is 4.74 Å². The van der Waals surface area contributed by atoms with Gasteiger partial charge in [0.05, 0.1) is 13.7 Å². The average Bonchev–Trinajstić information content (AvgIpc) is 3.35. The molecule has 1 aromatic heterocycles. The van der Waals surface area contributed by atoms with Gasteiger partial charge in [-0.05, 0) is 42.3 Å². The minimum Gasteiger partial charge on any atom is -0.496 e. The highest BCUT2D eigenvalue weighted by Gasteiger charge is 2.25. The lowest BCUT2D eigenvalue weighted by atomic mass is 9.98. The largest absolute Gasteiger partial charge is 0.496 e. The first-order valence-corrected chi connectivity index (χ1v) is 9.18. The van der Waals surface area contributed by atoms with E-state index in [1.54, 1.807) is 30.3 Å². The number of rotatable bonds is 6. The summed E-state index contributed by atoms with van der Waals surface area (Å²) in [7, 11) is 1.68. The summed E-state index contributed by atoms with van der Waals surface area (Å²) in [6.07, 6.45) is 4.22. The first-order valence-electron chi connectivity index (χ1n) is 9.18. The smallest absolute Gasteiger partial charge is 0.137 e. The van der Waals surface area contributed by atoms with Gasteiger partial charge in [-0.15, -0.1) is 0 Å². The van der Waals surface area contributed by atoms with E-state index in [-0.39, 0.29) is 11.7 Å². The van der Waals surface area contributed by atoms with Gasteiger partial charge in [0.1, 0.15) is 24.2 Å². The molecule has 3 aromatic rings. The van der Waals surface area contributed by atoms with Crippen LogP contribution in [0.25, 0.3) is 0 Å². The summed E-state index contributed by atoms with van der Waals surface area (Å²) >= 11 is 0. The van der Waals surface area contributed by atoms with E-state index in [4.69, 9.17) is 4.74 Å². The maximum atomic E-state index is 14.1. The molecule has 0 saturated carbocycles. The van der Waals surface area contributed by atoms with E-state index in [1.165, 1.54) is 11.9 Å². The predicted octanol–water partition coefficient (Wildman–Crippen LogP) is 3.46. The Bertz CT molecular complexity index is 897. The Balaban J connectivity index is 1.46. The lowest BCUT2D eigenvalue weighted by molar-refractivity contribution is 0.325. The molecule has 0 spiro atoms. The standard InChI is InChI=1S/C21H23FN4O/c1-27-21-7-6-16(10-18(21)13-26-15-23-14-24-26)11-25-9-8-17(12-25)19-4-2-3-5-20(19)22/h2-7,10,14-15,17H,8-9,11-13H2,1H3/t17-/m0/s1. The fraction of sp³-hybridized carbons (Fsp3) is 0.333. The van der Waals surface area contributed by atoms with Crippen LogP contribution in [0.2, 0.25) is 0 Å². The quantitative estimate of drug-likeness (QED) is 0.670. The van der Waals surface area contributed by atoms with Gasteiger partial charge in [0.25, 0.3) is 0 Å². The van der Waals surface area contributed by atoms with Gasteiger partial charge in [-0.25, -0.2) is 14.1 Å². The summed E-state index contributed by atoms with van der Waals surface area (Å²) in [6, 6.07) is 13.4. The van der Waals surface area contributed by atoms with E-state index in [2.05, 4.69) is 27.1 Å². The zero-order valence-electron chi connectivity index (χ0n) is 15.4. The van der Waals surface area contributed by atoms with Crippen LogP contribution in [0.3, 0.4) is 0 Å². The van der Waals surface area contributed by atoms with Gasteiger partial charge in [0, 0.05) is 24.6 Å². The SMILES string of the molecule is COc1ccc(CN2CC[C@H](c3ccccc3F)C2)cc1Cn1cncn1. The summed E-state index contributed by atoms with van der Waals surface area (Å²) in [4.78, 5) is 6.38. The molecule has 1 aliphatic heterocycles. The minimum atomic E-state index is -0.0936. The van der Waals surface area contributed by atoms with Crippen LogP contribution in [0.5, 0.6) is 5.75 Å². The number of hydrogen-bond donors (Lipinski definition) is 0. The molecule has 5 nitrogen and oxygen atoms in total. The Morgan fingerprint density at radius 2 is 2.07 bits per heavy atom. The maximum Gasteiger partial charge on any atom is 0.137 e. The molecule has 0 amide bonds. The topological polar surface area (TPSA) is 43.2 Å². The summed E-state index contributed by atoms with van der Waals surface area (Å²) in [5.74, 6) is 1.02. The van der Waals surface area contributed by atoms with Gasteiger partial charge in [-0.1, -0.05) is 24.3 Å². The van der Waals surface area contributed by atoms with E-state index in [0.29, 0.717) is 6.54 Å². The molecular formula is C21H23FN4O. The summed E-state index contributed by atoms with van der Waals surface area (Å²) in [6.45, 7) is 3.32. The Labute approximate surface area is 158 Å². The first-order chi connectivity index (χ1) is 13.2. The summed E-state index contributed by atoms with van der Waals surface area (Å²) in [5, 5.41) is 4.18. The number of aromatic nitrogens is 3. The molecule has 0 bridgehead atoms. The number of ether oxygens (including phenoxy) is 1. The molecule has 6 heteroatoms. The second kappa shape index (κ2) is 7.88. The molecule has 140 valence electrons. The molecule has 0 radical (unpaired) electrons. The van der Waals surface area contributed by atoms with Gasteiger partial charge in [-0.3, -0.25) is 4.90 Å². The van der Waals surface area contributed by atoms with E-state index in [9.17, 15) is 4.39 Å². The molecule has 0 aliphatic carbocycles. The predicted molar refractivity (Wildman–Crippen MR) is 101 cm³/mol. The van der Waals surface area contributed by atoms with Crippen LogP contribution >= 0.6 is 0 Å². The normalized spacial score (nSPS) is 17.3. The Morgan fingerprint density at radius 3 is 2.85 bits per heavy atom. The Morgan fingerprint density at radius 1 is 1.19 bits per heavy atom. The monoisotopic (exact) mass is 366 g/mol. The van der Waals surface area contributed by atoms with Crippen LogP contribution in [-0.4, -0.2) is 39.9 Å². The first kappa shape index (κ1) is 17.7. The van der Waals surface area contributed by atoms with Crippen molar-refractivity contribution >= 4 is 0 Å². The zero-order valence-corrected chi connectivity index (χ0v) is 15.4. The molecule has 2 heterocycles. The fourth-order valence-electron chi connectivity index (χ4n) is 3.84. The molecule has 0 unspecified atom stereocenters. The Kier molecular flexibility index (Phi) is 5.16. The van der Waals surface area contributed by atoms with Gasteiger partial charge in [-0.2, -0.15) is 5.10 Å². The van der Waals surface area contributed by atoms with Crippen molar-refractivity contribution in [1.82, 2.24) is 19.7 Å². The van der Waals surface area contributed by atoms with Crippen LogP contribution in [0.15, 0.2) is 55.1 Å². The molecule has 27 heavy (non-hydrogen) atoms. The number of hydrogen-bond acceptors (Lipinski definition) is 4. The molecule has 0 N–H and O–H groups in total. The van der Waals surface area contributed by atoms with Crippen LogP contribution in [0.1, 0.15) is 29.0 Å². The highest BCUT2D eigenvalue weighted by molar-refractivity contribution is 5.37. The fourth-order valence-corrected chi connectivity index (χ4v) is 3.84. The Hall–Kier alpha value is -2.73.